The Labute approximate surface area is 92.1 Å². The average Bonchev–Trinajstić information content (AvgIpc) is 2.63. The summed E-state index contributed by atoms with van der Waals surface area (Å²) in [6, 6.07) is 2.49. The molecule has 0 bridgehead atoms. The molecule has 0 radical (unpaired) electrons. The van der Waals surface area contributed by atoms with Gasteiger partial charge in [0, 0.05) is 18.8 Å². The molecule has 1 rings (SSSR count). The van der Waals surface area contributed by atoms with Crippen LogP contribution < -0.4 is 5.73 Å². The minimum atomic E-state index is 0.602. The van der Waals surface area contributed by atoms with Crippen LogP contribution in [0.1, 0.15) is 26.7 Å². The monoisotopic (exact) mass is 210 g/mol. The molecule has 0 saturated heterocycles. The summed E-state index contributed by atoms with van der Waals surface area (Å²) < 4.78 is 1.90. The Kier molecular flexibility index (Phi) is 4.62. The van der Waals surface area contributed by atoms with Crippen molar-refractivity contribution in [2.75, 3.05) is 19.3 Å². The summed E-state index contributed by atoms with van der Waals surface area (Å²) in [7, 11) is 2.17. The van der Waals surface area contributed by atoms with Gasteiger partial charge in [0.25, 0.3) is 0 Å². The Morgan fingerprint density at radius 1 is 1.60 bits per heavy atom. The molecule has 1 aromatic rings. The van der Waals surface area contributed by atoms with Crippen LogP contribution in [0.2, 0.25) is 0 Å². The van der Waals surface area contributed by atoms with Crippen LogP contribution in [0.4, 0.5) is 5.82 Å². The largest absolute Gasteiger partial charge is 0.382 e. The summed E-state index contributed by atoms with van der Waals surface area (Å²) in [5.41, 5.74) is 5.54. The molecule has 4 heteroatoms. The number of hydrogen-bond donors (Lipinski definition) is 1. The highest BCUT2D eigenvalue weighted by atomic mass is 15.3. The third-order valence-electron chi connectivity index (χ3n) is 2.90. The number of nitrogens with zero attached hydrogens (tertiary/aromatic N) is 3. The molecule has 1 atom stereocenters. The van der Waals surface area contributed by atoms with E-state index in [1.165, 1.54) is 6.42 Å². The number of rotatable bonds is 6. The number of aromatic nitrogens is 2. The van der Waals surface area contributed by atoms with Crippen molar-refractivity contribution >= 4 is 5.82 Å². The second kappa shape index (κ2) is 5.75. The molecule has 1 heterocycles. The molecular weight excluding hydrogens is 188 g/mol. The summed E-state index contributed by atoms with van der Waals surface area (Å²) in [5, 5.41) is 4.15. The molecule has 86 valence electrons. The van der Waals surface area contributed by atoms with E-state index in [2.05, 4.69) is 30.9 Å². The van der Waals surface area contributed by atoms with Crippen LogP contribution >= 0.6 is 0 Å². The first-order chi connectivity index (χ1) is 7.13. The Balaban J connectivity index is 2.21. The summed E-state index contributed by atoms with van der Waals surface area (Å²) >= 11 is 0. The van der Waals surface area contributed by atoms with Crippen molar-refractivity contribution < 1.29 is 0 Å². The van der Waals surface area contributed by atoms with E-state index in [9.17, 15) is 0 Å². The molecule has 1 aromatic heterocycles. The zero-order chi connectivity index (χ0) is 11.3. The first-order valence-corrected chi connectivity index (χ1v) is 5.62. The topological polar surface area (TPSA) is 47.1 Å². The van der Waals surface area contributed by atoms with Crippen molar-refractivity contribution in [3.8, 4) is 0 Å². The molecule has 1 unspecified atom stereocenters. The maximum atomic E-state index is 5.54. The van der Waals surface area contributed by atoms with Crippen molar-refractivity contribution in [1.82, 2.24) is 14.7 Å². The smallest absolute Gasteiger partial charge is 0.145 e. The molecule has 15 heavy (non-hydrogen) atoms. The van der Waals surface area contributed by atoms with Crippen LogP contribution in [0.25, 0.3) is 0 Å². The number of nitrogens with two attached hydrogens (primary N) is 1. The zero-order valence-electron chi connectivity index (χ0n) is 9.98. The Bertz CT molecular complexity index is 282. The fourth-order valence-electron chi connectivity index (χ4n) is 1.52. The number of nitrogen functional groups attached to an aromatic ring is 1. The van der Waals surface area contributed by atoms with Crippen molar-refractivity contribution in [2.24, 2.45) is 0 Å². The van der Waals surface area contributed by atoms with Crippen LogP contribution in [-0.2, 0) is 6.54 Å². The highest BCUT2D eigenvalue weighted by Crippen LogP contribution is 2.02. The molecule has 0 amide bonds. The standard InChI is InChI=1S/C11H22N4/c1-4-10(2)14(3)7-5-8-15-9-6-11(12)13-15/h6,9-10H,4-5,7-8H2,1-3H3,(H2,12,13). The Morgan fingerprint density at radius 3 is 2.87 bits per heavy atom. The van der Waals surface area contributed by atoms with E-state index < -0.39 is 0 Å². The van der Waals surface area contributed by atoms with Crippen LogP contribution in [0.5, 0.6) is 0 Å². The van der Waals surface area contributed by atoms with Gasteiger partial charge in [-0.05, 0) is 39.4 Å². The van der Waals surface area contributed by atoms with Crippen molar-refractivity contribution in [1.29, 1.82) is 0 Å². The second-order valence-corrected chi connectivity index (χ2v) is 4.10. The lowest BCUT2D eigenvalue weighted by molar-refractivity contribution is 0.243. The third-order valence-corrected chi connectivity index (χ3v) is 2.90. The lowest BCUT2D eigenvalue weighted by Crippen LogP contribution is -2.29. The van der Waals surface area contributed by atoms with E-state index >= 15 is 0 Å². The van der Waals surface area contributed by atoms with Crippen LogP contribution in [0.15, 0.2) is 12.3 Å². The number of aryl methyl sites for hydroxylation is 1. The molecule has 0 aliphatic heterocycles. The lowest BCUT2D eigenvalue weighted by atomic mass is 10.2. The van der Waals surface area contributed by atoms with Gasteiger partial charge in [-0.25, -0.2) is 0 Å². The van der Waals surface area contributed by atoms with Crippen LogP contribution in [0, 0.1) is 0 Å². The fraction of sp³-hybridized carbons (Fsp3) is 0.727. The minimum absolute atomic E-state index is 0.602. The van der Waals surface area contributed by atoms with E-state index in [1.54, 1.807) is 0 Å². The molecule has 0 aromatic carbocycles. The highest BCUT2D eigenvalue weighted by molar-refractivity contribution is 5.23. The predicted molar refractivity (Wildman–Crippen MR) is 63.6 cm³/mol. The van der Waals surface area contributed by atoms with Gasteiger partial charge < -0.3 is 10.6 Å². The van der Waals surface area contributed by atoms with Crippen molar-refractivity contribution in [3.05, 3.63) is 12.3 Å². The van der Waals surface area contributed by atoms with E-state index in [4.69, 9.17) is 5.73 Å². The summed E-state index contributed by atoms with van der Waals surface area (Å²) in [5.74, 6) is 0.602. The molecular formula is C11H22N4. The predicted octanol–water partition coefficient (Wildman–Crippen LogP) is 1.59. The van der Waals surface area contributed by atoms with Gasteiger partial charge in [0.05, 0.1) is 0 Å². The first kappa shape index (κ1) is 12.0. The maximum Gasteiger partial charge on any atom is 0.145 e. The Morgan fingerprint density at radius 2 is 2.33 bits per heavy atom. The molecule has 0 spiro atoms. The van der Waals surface area contributed by atoms with Gasteiger partial charge in [-0.1, -0.05) is 6.92 Å². The summed E-state index contributed by atoms with van der Waals surface area (Å²) in [6.07, 6.45) is 4.24. The maximum absolute atomic E-state index is 5.54. The molecule has 0 saturated carbocycles. The fourth-order valence-corrected chi connectivity index (χ4v) is 1.52. The third kappa shape index (κ3) is 3.91. The SMILES string of the molecule is CCC(C)N(C)CCCn1ccc(N)n1. The molecule has 0 aliphatic carbocycles. The van der Waals surface area contributed by atoms with E-state index in [1.807, 2.05) is 16.9 Å². The number of anilines is 1. The van der Waals surface area contributed by atoms with Gasteiger partial charge >= 0.3 is 0 Å². The number of hydrogen-bond acceptors (Lipinski definition) is 3. The van der Waals surface area contributed by atoms with Gasteiger partial charge in [0.1, 0.15) is 5.82 Å². The van der Waals surface area contributed by atoms with E-state index in [-0.39, 0.29) is 0 Å². The van der Waals surface area contributed by atoms with Crippen molar-refractivity contribution in [2.45, 2.75) is 39.3 Å². The van der Waals surface area contributed by atoms with E-state index in [0.717, 1.165) is 19.5 Å². The van der Waals surface area contributed by atoms with Crippen LogP contribution in [0.3, 0.4) is 0 Å². The highest BCUT2D eigenvalue weighted by Gasteiger charge is 2.05. The normalized spacial score (nSPS) is 13.3. The Hall–Kier alpha value is -1.03. The molecule has 0 fully saturated rings. The summed E-state index contributed by atoms with van der Waals surface area (Å²) in [6.45, 7) is 6.52. The van der Waals surface area contributed by atoms with Gasteiger partial charge in [-0.3, -0.25) is 4.68 Å². The van der Waals surface area contributed by atoms with Crippen LogP contribution in [-0.4, -0.2) is 34.3 Å². The van der Waals surface area contributed by atoms with E-state index in [0.29, 0.717) is 11.9 Å². The summed E-state index contributed by atoms with van der Waals surface area (Å²) in [4.78, 5) is 2.38. The van der Waals surface area contributed by atoms with Gasteiger partial charge in [0.15, 0.2) is 0 Å². The van der Waals surface area contributed by atoms with Gasteiger partial charge in [0.2, 0.25) is 0 Å². The van der Waals surface area contributed by atoms with Gasteiger partial charge in [-0.15, -0.1) is 0 Å². The minimum Gasteiger partial charge on any atom is -0.382 e. The lowest BCUT2D eigenvalue weighted by Gasteiger charge is -2.23. The quantitative estimate of drug-likeness (QED) is 0.775. The van der Waals surface area contributed by atoms with Gasteiger partial charge in [-0.2, -0.15) is 5.10 Å². The zero-order valence-corrected chi connectivity index (χ0v) is 9.98. The van der Waals surface area contributed by atoms with Crippen molar-refractivity contribution in [3.63, 3.8) is 0 Å². The second-order valence-electron chi connectivity index (χ2n) is 4.10. The molecule has 4 nitrogen and oxygen atoms in total. The average molecular weight is 210 g/mol. The molecule has 2 N–H and O–H groups in total. The first-order valence-electron chi connectivity index (χ1n) is 5.62. The molecule has 0 aliphatic rings.